The minimum absolute atomic E-state index is 0.224. The van der Waals surface area contributed by atoms with Gasteiger partial charge in [0.1, 0.15) is 0 Å². The van der Waals surface area contributed by atoms with Crippen LogP contribution in [0.4, 0.5) is 5.69 Å². The molecule has 0 radical (unpaired) electrons. The summed E-state index contributed by atoms with van der Waals surface area (Å²) in [4.78, 5) is 14.0. The summed E-state index contributed by atoms with van der Waals surface area (Å²) >= 11 is 0. The SMILES string of the molecule is CCOC(=O)c1ccc(N2CCCC2)cc1C. The first-order chi connectivity index (χ1) is 8.22. The van der Waals surface area contributed by atoms with E-state index < -0.39 is 0 Å². The Morgan fingerprint density at radius 3 is 2.65 bits per heavy atom. The highest BCUT2D eigenvalue weighted by Gasteiger charge is 2.15. The summed E-state index contributed by atoms with van der Waals surface area (Å²) in [6.45, 7) is 6.46. The smallest absolute Gasteiger partial charge is 0.338 e. The van der Waals surface area contributed by atoms with Crippen LogP contribution in [0.5, 0.6) is 0 Å². The second-order valence-electron chi connectivity index (χ2n) is 4.41. The lowest BCUT2D eigenvalue weighted by molar-refractivity contribution is 0.0525. The molecule has 1 aromatic carbocycles. The van der Waals surface area contributed by atoms with Crippen molar-refractivity contribution in [3.8, 4) is 0 Å². The number of hydrogen-bond acceptors (Lipinski definition) is 3. The molecule has 1 saturated heterocycles. The van der Waals surface area contributed by atoms with E-state index in [-0.39, 0.29) is 5.97 Å². The number of benzene rings is 1. The number of rotatable bonds is 3. The Labute approximate surface area is 102 Å². The Hall–Kier alpha value is -1.51. The van der Waals surface area contributed by atoms with E-state index >= 15 is 0 Å². The van der Waals surface area contributed by atoms with E-state index in [1.807, 2.05) is 26.0 Å². The molecule has 3 nitrogen and oxygen atoms in total. The van der Waals surface area contributed by atoms with E-state index in [2.05, 4.69) is 11.0 Å². The largest absolute Gasteiger partial charge is 0.462 e. The molecule has 0 N–H and O–H groups in total. The van der Waals surface area contributed by atoms with Crippen molar-refractivity contribution in [1.82, 2.24) is 0 Å². The summed E-state index contributed by atoms with van der Waals surface area (Å²) in [5.74, 6) is -0.224. The van der Waals surface area contributed by atoms with Crippen LogP contribution in [-0.2, 0) is 4.74 Å². The third-order valence-corrected chi connectivity index (χ3v) is 3.18. The van der Waals surface area contributed by atoms with Gasteiger partial charge in [0.2, 0.25) is 0 Å². The molecule has 0 amide bonds. The maximum absolute atomic E-state index is 11.7. The number of carbonyl (C=O) groups excluding carboxylic acids is 1. The topological polar surface area (TPSA) is 29.5 Å². The highest BCUT2D eigenvalue weighted by Crippen LogP contribution is 2.23. The molecule has 3 heteroatoms. The summed E-state index contributed by atoms with van der Waals surface area (Å²) in [6.07, 6.45) is 2.53. The summed E-state index contributed by atoms with van der Waals surface area (Å²) < 4.78 is 5.02. The molecular formula is C14H19NO2. The van der Waals surface area contributed by atoms with E-state index in [0.29, 0.717) is 12.2 Å². The first-order valence-electron chi connectivity index (χ1n) is 6.25. The van der Waals surface area contributed by atoms with Gasteiger partial charge in [0.05, 0.1) is 12.2 Å². The Morgan fingerprint density at radius 2 is 2.06 bits per heavy atom. The van der Waals surface area contributed by atoms with E-state index in [4.69, 9.17) is 4.74 Å². The number of esters is 1. The number of nitrogens with zero attached hydrogens (tertiary/aromatic N) is 1. The molecular weight excluding hydrogens is 214 g/mol. The lowest BCUT2D eigenvalue weighted by Gasteiger charge is -2.18. The highest BCUT2D eigenvalue weighted by atomic mass is 16.5. The van der Waals surface area contributed by atoms with Crippen molar-refractivity contribution in [3.05, 3.63) is 29.3 Å². The van der Waals surface area contributed by atoms with Gasteiger partial charge in [-0.15, -0.1) is 0 Å². The Morgan fingerprint density at radius 1 is 1.35 bits per heavy atom. The zero-order chi connectivity index (χ0) is 12.3. The summed E-state index contributed by atoms with van der Waals surface area (Å²) in [7, 11) is 0. The van der Waals surface area contributed by atoms with Crippen molar-refractivity contribution in [2.75, 3.05) is 24.6 Å². The monoisotopic (exact) mass is 233 g/mol. The average Bonchev–Trinajstić information content (AvgIpc) is 2.82. The molecule has 92 valence electrons. The third kappa shape index (κ3) is 2.60. The lowest BCUT2D eigenvalue weighted by atomic mass is 10.1. The van der Waals surface area contributed by atoms with Gasteiger partial charge in [-0.2, -0.15) is 0 Å². The Bertz CT molecular complexity index is 409. The molecule has 0 atom stereocenters. The van der Waals surface area contributed by atoms with Crippen LogP contribution in [0, 0.1) is 6.92 Å². The molecule has 1 aliphatic heterocycles. The molecule has 1 aromatic rings. The van der Waals surface area contributed by atoms with Crippen LogP contribution in [0.15, 0.2) is 18.2 Å². The quantitative estimate of drug-likeness (QED) is 0.752. The molecule has 1 fully saturated rings. The predicted molar refractivity (Wildman–Crippen MR) is 68.6 cm³/mol. The van der Waals surface area contributed by atoms with Gasteiger partial charge in [0.15, 0.2) is 0 Å². The minimum atomic E-state index is -0.224. The number of ether oxygens (including phenoxy) is 1. The molecule has 0 aliphatic carbocycles. The van der Waals surface area contributed by atoms with Crippen LogP contribution in [0.3, 0.4) is 0 Å². The zero-order valence-electron chi connectivity index (χ0n) is 10.5. The zero-order valence-corrected chi connectivity index (χ0v) is 10.5. The van der Waals surface area contributed by atoms with Gasteiger partial charge >= 0.3 is 5.97 Å². The molecule has 2 rings (SSSR count). The van der Waals surface area contributed by atoms with E-state index in [0.717, 1.165) is 18.7 Å². The van der Waals surface area contributed by atoms with Gasteiger partial charge < -0.3 is 9.64 Å². The summed E-state index contributed by atoms with van der Waals surface area (Å²) in [6, 6.07) is 5.98. The predicted octanol–water partition coefficient (Wildman–Crippen LogP) is 2.77. The van der Waals surface area contributed by atoms with Crippen LogP contribution in [-0.4, -0.2) is 25.7 Å². The molecule has 1 heterocycles. The Balaban J connectivity index is 2.19. The maximum atomic E-state index is 11.7. The van der Waals surface area contributed by atoms with Crippen LogP contribution in [0.2, 0.25) is 0 Å². The molecule has 0 unspecified atom stereocenters. The van der Waals surface area contributed by atoms with Crippen molar-refractivity contribution in [3.63, 3.8) is 0 Å². The van der Waals surface area contributed by atoms with Gasteiger partial charge in [-0.05, 0) is 50.5 Å². The van der Waals surface area contributed by atoms with E-state index in [1.165, 1.54) is 18.5 Å². The minimum Gasteiger partial charge on any atom is -0.462 e. The van der Waals surface area contributed by atoms with Crippen molar-refractivity contribution in [1.29, 1.82) is 0 Å². The summed E-state index contributed by atoms with van der Waals surface area (Å²) in [5.41, 5.74) is 2.88. The van der Waals surface area contributed by atoms with Gasteiger partial charge in [-0.25, -0.2) is 4.79 Å². The molecule has 0 aromatic heterocycles. The maximum Gasteiger partial charge on any atom is 0.338 e. The van der Waals surface area contributed by atoms with Gasteiger partial charge in [0.25, 0.3) is 0 Å². The molecule has 0 spiro atoms. The second kappa shape index (κ2) is 5.21. The molecule has 17 heavy (non-hydrogen) atoms. The fourth-order valence-electron chi connectivity index (χ4n) is 2.26. The Kier molecular flexibility index (Phi) is 3.67. The first-order valence-corrected chi connectivity index (χ1v) is 6.25. The van der Waals surface area contributed by atoms with Crippen LogP contribution >= 0.6 is 0 Å². The van der Waals surface area contributed by atoms with Gasteiger partial charge in [-0.3, -0.25) is 0 Å². The normalized spacial score (nSPS) is 15.1. The summed E-state index contributed by atoms with van der Waals surface area (Å²) in [5, 5.41) is 0. The first kappa shape index (κ1) is 12.0. The van der Waals surface area contributed by atoms with E-state index in [1.54, 1.807) is 0 Å². The number of aryl methyl sites for hydroxylation is 1. The third-order valence-electron chi connectivity index (χ3n) is 3.18. The fourth-order valence-corrected chi connectivity index (χ4v) is 2.26. The van der Waals surface area contributed by atoms with Crippen molar-refractivity contribution < 1.29 is 9.53 Å². The van der Waals surface area contributed by atoms with Crippen LogP contribution in [0.1, 0.15) is 35.7 Å². The van der Waals surface area contributed by atoms with E-state index in [9.17, 15) is 4.79 Å². The lowest BCUT2D eigenvalue weighted by Crippen LogP contribution is -2.18. The van der Waals surface area contributed by atoms with Crippen molar-refractivity contribution in [2.24, 2.45) is 0 Å². The number of carbonyl (C=O) groups is 1. The molecule has 1 aliphatic rings. The van der Waals surface area contributed by atoms with Crippen molar-refractivity contribution >= 4 is 11.7 Å². The average molecular weight is 233 g/mol. The van der Waals surface area contributed by atoms with Crippen molar-refractivity contribution in [2.45, 2.75) is 26.7 Å². The van der Waals surface area contributed by atoms with Crippen LogP contribution in [0.25, 0.3) is 0 Å². The van der Waals surface area contributed by atoms with Gasteiger partial charge in [0, 0.05) is 18.8 Å². The highest BCUT2D eigenvalue weighted by molar-refractivity contribution is 5.91. The number of hydrogen-bond donors (Lipinski definition) is 0. The second-order valence-corrected chi connectivity index (χ2v) is 4.41. The van der Waals surface area contributed by atoms with Gasteiger partial charge in [-0.1, -0.05) is 0 Å². The fraction of sp³-hybridized carbons (Fsp3) is 0.500. The molecule has 0 saturated carbocycles. The standard InChI is InChI=1S/C14H19NO2/c1-3-17-14(16)13-7-6-12(10-11(13)2)15-8-4-5-9-15/h6-7,10H,3-5,8-9H2,1-2H3. The number of anilines is 1. The molecule has 0 bridgehead atoms. The van der Waals surface area contributed by atoms with Crippen LogP contribution < -0.4 is 4.90 Å².